The lowest BCUT2D eigenvalue weighted by Gasteiger charge is -2.26. The Balaban J connectivity index is 1.86. The highest BCUT2D eigenvalue weighted by atomic mass is 32.1. The molecule has 1 saturated heterocycles. The van der Waals surface area contributed by atoms with Gasteiger partial charge in [-0.2, -0.15) is 0 Å². The Morgan fingerprint density at radius 1 is 1.14 bits per heavy atom. The summed E-state index contributed by atoms with van der Waals surface area (Å²) < 4.78 is 0. The second-order valence-corrected chi connectivity index (χ2v) is 6.76. The van der Waals surface area contributed by atoms with Crippen molar-refractivity contribution < 1.29 is 0 Å². The Bertz CT molecular complexity index is 597. The van der Waals surface area contributed by atoms with Crippen LogP contribution in [0.1, 0.15) is 4.88 Å². The van der Waals surface area contributed by atoms with Gasteiger partial charge in [-0.1, -0.05) is 12.1 Å². The fourth-order valence-electron chi connectivity index (χ4n) is 2.56. The normalized spacial score (nSPS) is 15.3. The molecule has 4 nitrogen and oxygen atoms in total. The van der Waals surface area contributed by atoms with E-state index in [2.05, 4.69) is 60.4 Å². The second-order valence-electron chi connectivity index (χ2n) is 5.58. The Morgan fingerprint density at radius 2 is 1.81 bits per heavy atom. The van der Waals surface area contributed by atoms with Crippen LogP contribution in [0, 0.1) is 6.92 Å². The summed E-state index contributed by atoms with van der Waals surface area (Å²) in [6.45, 7) is 6.35. The first-order valence-electron chi connectivity index (χ1n) is 7.36. The number of anilines is 2. The van der Waals surface area contributed by atoms with Crippen LogP contribution >= 0.6 is 11.3 Å². The average molecular weight is 302 g/mol. The third-order valence-electron chi connectivity index (χ3n) is 3.83. The van der Waals surface area contributed by atoms with E-state index in [4.69, 9.17) is 4.98 Å². The zero-order chi connectivity index (χ0) is 14.8. The zero-order valence-corrected chi connectivity index (χ0v) is 13.7. The molecule has 0 saturated carbocycles. The van der Waals surface area contributed by atoms with Gasteiger partial charge in [0.05, 0.1) is 5.69 Å². The van der Waals surface area contributed by atoms with Gasteiger partial charge in [0.2, 0.25) is 0 Å². The molecule has 5 heteroatoms. The third-order valence-corrected chi connectivity index (χ3v) is 4.86. The molecular weight excluding hydrogens is 280 g/mol. The number of nitrogens with zero attached hydrogens (tertiary/aromatic N) is 3. The Hall–Kier alpha value is -1.59. The Kier molecular flexibility index (Phi) is 4.12. The van der Waals surface area contributed by atoms with Gasteiger partial charge in [0.1, 0.15) is 0 Å². The molecule has 3 rings (SSSR count). The van der Waals surface area contributed by atoms with Crippen molar-refractivity contribution in [2.24, 2.45) is 0 Å². The van der Waals surface area contributed by atoms with Gasteiger partial charge in [0, 0.05) is 56.4 Å². The molecule has 21 heavy (non-hydrogen) atoms. The van der Waals surface area contributed by atoms with Gasteiger partial charge in [-0.15, -0.1) is 11.3 Å². The van der Waals surface area contributed by atoms with Gasteiger partial charge in [-0.05, 0) is 19.1 Å². The summed E-state index contributed by atoms with van der Waals surface area (Å²) in [5.41, 5.74) is 3.54. The van der Waals surface area contributed by atoms with Crippen LogP contribution in [0.4, 0.5) is 10.8 Å². The molecular formula is C16H22N4S. The number of hydrogen-bond acceptors (Lipinski definition) is 5. The zero-order valence-electron chi connectivity index (χ0n) is 12.9. The number of aryl methyl sites for hydroxylation is 1. The molecule has 1 N–H and O–H groups in total. The first-order valence-corrected chi connectivity index (χ1v) is 8.17. The lowest BCUT2D eigenvalue weighted by molar-refractivity contribution is 0.588. The maximum atomic E-state index is 4.88. The van der Waals surface area contributed by atoms with Crippen LogP contribution in [0.3, 0.4) is 0 Å². The van der Waals surface area contributed by atoms with E-state index >= 15 is 0 Å². The standard InChI is InChI=1S/C16H22N4S/c1-12-15(13-4-6-14(7-5-13)19(2)3)18-16(21-12)20-10-8-17-9-11-20/h4-7,17H,8-11H2,1-3H3. The summed E-state index contributed by atoms with van der Waals surface area (Å²) in [6, 6.07) is 8.63. The van der Waals surface area contributed by atoms with E-state index < -0.39 is 0 Å². The molecule has 0 atom stereocenters. The molecule has 112 valence electrons. The van der Waals surface area contributed by atoms with Crippen molar-refractivity contribution in [1.82, 2.24) is 10.3 Å². The maximum absolute atomic E-state index is 4.88. The van der Waals surface area contributed by atoms with Gasteiger partial charge in [-0.3, -0.25) is 0 Å². The predicted molar refractivity (Wildman–Crippen MR) is 91.7 cm³/mol. The molecule has 1 fully saturated rings. The highest BCUT2D eigenvalue weighted by molar-refractivity contribution is 7.16. The van der Waals surface area contributed by atoms with E-state index in [0.29, 0.717) is 0 Å². The van der Waals surface area contributed by atoms with Crippen molar-refractivity contribution in [1.29, 1.82) is 0 Å². The fraction of sp³-hybridized carbons (Fsp3) is 0.438. The monoisotopic (exact) mass is 302 g/mol. The second kappa shape index (κ2) is 6.03. The van der Waals surface area contributed by atoms with Crippen LogP contribution < -0.4 is 15.1 Å². The van der Waals surface area contributed by atoms with Crippen molar-refractivity contribution >= 4 is 22.2 Å². The van der Waals surface area contributed by atoms with E-state index in [9.17, 15) is 0 Å². The van der Waals surface area contributed by atoms with E-state index in [1.165, 1.54) is 16.1 Å². The topological polar surface area (TPSA) is 31.4 Å². The number of thiazole rings is 1. The van der Waals surface area contributed by atoms with E-state index in [1.807, 2.05) is 0 Å². The summed E-state index contributed by atoms with van der Waals surface area (Å²) in [7, 11) is 4.12. The highest BCUT2D eigenvalue weighted by Crippen LogP contribution is 2.33. The average Bonchev–Trinajstić information content (AvgIpc) is 2.90. The third kappa shape index (κ3) is 3.04. The molecule has 0 unspecified atom stereocenters. The number of hydrogen-bond donors (Lipinski definition) is 1. The van der Waals surface area contributed by atoms with E-state index in [0.717, 1.165) is 37.0 Å². The molecule has 0 amide bonds. The van der Waals surface area contributed by atoms with E-state index in [1.54, 1.807) is 11.3 Å². The van der Waals surface area contributed by atoms with Gasteiger partial charge < -0.3 is 15.1 Å². The summed E-state index contributed by atoms with van der Waals surface area (Å²) in [5, 5.41) is 4.54. The summed E-state index contributed by atoms with van der Waals surface area (Å²) in [5.74, 6) is 0. The van der Waals surface area contributed by atoms with Crippen molar-refractivity contribution in [2.45, 2.75) is 6.92 Å². The smallest absolute Gasteiger partial charge is 0.186 e. The molecule has 2 aromatic rings. The molecule has 1 aromatic heterocycles. The molecule has 1 aliphatic rings. The maximum Gasteiger partial charge on any atom is 0.186 e. The SMILES string of the molecule is Cc1sc(N2CCNCC2)nc1-c1ccc(N(C)C)cc1. The van der Waals surface area contributed by atoms with Crippen molar-refractivity contribution in [3.05, 3.63) is 29.1 Å². The van der Waals surface area contributed by atoms with Crippen molar-refractivity contribution in [2.75, 3.05) is 50.1 Å². The fourth-order valence-corrected chi connectivity index (χ4v) is 3.54. The minimum Gasteiger partial charge on any atom is -0.378 e. The summed E-state index contributed by atoms with van der Waals surface area (Å²) in [4.78, 5) is 10.7. The summed E-state index contributed by atoms with van der Waals surface area (Å²) >= 11 is 1.80. The van der Waals surface area contributed by atoms with Gasteiger partial charge in [-0.25, -0.2) is 4.98 Å². The summed E-state index contributed by atoms with van der Waals surface area (Å²) in [6.07, 6.45) is 0. The molecule has 0 spiro atoms. The first kappa shape index (κ1) is 14.4. The number of nitrogens with one attached hydrogen (secondary N) is 1. The van der Waals surface area contributed by atoms with E-state index in [-0.39, 0.29) is 0 Å². The quantitative estimate of drug-likeness (QED) is 0.944. The molecule has 0 bridgehead atoms. The lowest BCUT2D eigenvalue weighted by Crippen LogP contribution is -2.43. The van der Waals surface area contributed by atoms with Crippen LogP contribution in [-0.2, 0) is 0 Å². The molecule has 0 aliphatic carbocycles. The molecule has 0 radical (unpaired) electrons. The number of rotatable bonds is 3. The minimum absolute atomic E-state index is 1.05. The molecule has 1 aromatic carbocycles. The van der Waals surface area contributed by atoms with Crippen LogP contribution in [0.2, 0.25) is 0 Å². The minimum atomic E-state index is 1.05. The van der Waals surface area contributed by atoms with Crippen molar-refractivity contribution in [3.8, 4) is 11.3 Å². The molecule has 1 aliphatic heterocycles. The molecule has 2 heterocycles. The first-order chi connectivity index (χ1) is 10.1. The van der Waals surface area contributed by atoms with Crippen molar-refractivity contribution in [3.63, 3.8) is 0 Å². The van der Waals surface area contributed by atoms with Gasteiger partial charge in [0.25, 0.3) is 0 Å². The predicted octanol–water partition coefficient (Wildman–Crippen LogP) is 2.59. The Morgan fingerprint density at radius 3 is 2.43 bits per heavy atom. The van der Waals surface area contributed by atoms with Crippen LogP contribution in [0.15, 0.2) is 24.3 Å². The lowest BCUT2D eigenvalue weighted by atomic mass is 10.1. The number of benzene rings is 1. The Labute approximate surface area is 130 Å². The van der Waals surface area contributed by atoms with Gasteiger partial charge >= 0.3 is 0 Å². The largest absolute Gasteiger partial charge is 0.378 e. The number of aromatic nitrogens is 1. The number of piperazine rings is 1. The van der Waals surface area contributed by atoms with Crippen LogP contribution in [0.25, 0.3) is 11.3 Å². The highest BCUT2D eigenvalue weighted by Gasteiger charge is 2.17. The van der Waals surface area contributed by atoms with Crippen LogP contribution in [0.5, 0.6) is 0 Å². The van der Waals surface area contributed by atoms with Gasteiger partial charge in [0.15, 0.2) is 5.13 Å². The van der Waals surface area contributed by atoms with Crippen LogP contribution in [-0.4, -0.2) is 45.3 Å².